The Morgan fingerprint density at radius 2 is 1.89 bits per heavy atom. The van der Waals surface area contributed by atoms with Crippen molar-refractivity contribution in [3.8, 4) is 5.75 Å². The van der Waals surface area contributed by atoms with E-state index in [4.69, 9.17) is 24.3 Å². The zero-order valence-corrected chi connectivity index (χ0v) is 27.0. The third kappa shape index (κ3) is 9.43. The Bertz CT molecular complexity index is 1450. The number of nitrogen functional groups attached to an aromatic ring is 1. The molecule has 45 heavy (non-hydrogen) atoms. The van der Waals surface area contributed by atoms with E-state index in [2.05, 4.69) is 27.0 Å². The number of benzene rings is 1. The molecule has 2 aromatic heterocycles. The molecule has 13 nitrogen and oxygen atoms in total. The highest BCUT2D eigenvalue weighted by molar-refractivity contribution is 7.52. The molecule has 1 aromatic carbocycles. The summed E-state index contributed by atoms with van der Waals surface area (Å²) in [4.78, 5) is 24.1. The first-order valence-corrected chi connectivity index (χ1v) is 17.0. The summed E-state index contributed by atoms with van der Waals surface area (Å²) in [5.41, 5.74) is 4.68. The second-order valence-electron chi connectivity index (χ2n) is 11.5. The van der Waals surface area contributed by atoms with Gasteiger partial charge in [-0.05, 0) is 32.4 Å². The van der Waals surface area contributed by atoms with Crippen LogP contribution >= 0.6 is 7.75 Å². The summed E-state index contributed by atoms with van der Waals surface area (Å²) in [6.07, 6.45) is 7.40. The van der Waals surface area contributed by atoms with Crippen LogP contribution in [-0.2, 0) is 23.4 Å². The van der Waals surface area contributed by atoms with Crippen LogP contribution in [0.25, 0.3) is 11.2 Å². The number of unbranched alkanes of at least 4 members (excludes halogenated alkanes) is 7. The Kier molecular flexibility index (Phi) is 12.3. The average molecular weight is 651 g/mol. The normalized spacial score (nSPS) is 21.9. The first kappa shape index (κ1) is 34.7. The van der Waals surface area contributed by atoms with Crippen LogP contribution in [0.2, 0.25) is 0 Å². The van der Waals surface area contributed by atoms with Crippen molar-refractivity contribution in [3.05, 3.63) is 42.7 Å². The van der Waals surface area contributed by atoms with Crippen molar-refractivity contribution in [2.75, 3.05) is 18.9 Å². The Morgan fingerprint density at radius 3 is 2.60 bits per heavy atom. The Morgan fingerprint density at radius 1 is 1.20 bits per heavy atom. The lowest BCUT2D eigenvalue weighted by atomic mass is 10.0. The van der Waals surface area contributed by atoms with E-state index < -0.39 is 43.8 Å². The number of fused-ring (bicyclic) bond motifs is 1. The van der Waals surface area contributed by atoms with Gasteiger partial charge in [-0.25, -0.2) is 9.55 Å². The molecule has 1 aliphatic rings. The number of aromatic nitrogens is 4. The molecule has 1 aliphatic heterocycles. The molecule has 0 saturated carbocycles. The zero-order chi connectivity index (χ0) is 32.5. The molecule has 0 bridgehead atoms. The minimum absolute atomic E-state index is 0.0651. The van der Waals surface area contributed by atoms with E-state index in [0.717, 1.165) is 19.3 Å². The van der Waals surface area contributed by atoms with Crippen LogP contribution in [0.4, 0.5) is 10.2 Å². The second-order valence-corrected chi connectivity index (χ2v) is 13.2. The average Bonchev–Trinajstić information content (AvgIpc) is 3.56. The summed E-state index contributed by atoms with van der Waals surface area (Å²) < 4.78 is 52.4. The van der Waals surface area contributed by atoms with Crippen LogP contribution in [0.1, 0.15) is 84.8 Å². The van der Waals surface area contributed by atoms with Crippen molar-refractivity contribution in [2.45, 2.75) is 103 Å². The highest BCUT2D eigenvalue weighted by atomic mass is 31.2. The fraction of sp³-hybridized carbons (Fsp3) is 0.600. The molecule has 1 saturated heterocycles. The molecule has 1 fully saturated rings. The van der Waals surface area contributed by atoms with Crippen LogP contribution < -0.4 is 15.3 Å². The lowest BCUT2D eigenvalue weighted by molar-refractivity contribution is -0.145. The van der Waals surface area contributed by atoms with Crippen LogP contribution in [0.15, 0.2) is 36.7 Å². The minimum atomic E-state index is -4.22. The summed E-state index contributed by atoms with van der Waals surface area (Å²) in [5.74, 6) is -0.480. The monoisotopic (exact) mass is 650 g/mol. The zero-order valence-electron chi connectivity index (χ0n) is 26.1. The molecule has 0 spiro atoms. The lowest BCUT2D eigenvalue weighted by Crippen LogP contribution is -2.42. The van der Waals surface area contributed by atoms with Gasteiger partial charge in [0.15, 0.2) is 17.0 Å². The van der Waals surface area contributed by atoms with Gasteiger partial charge < -0.3 is 24.8 Å². The maximum atomic E-state index is 14.0. The van der Waals surface area contributed by atoms with Gasteiger partial charge in [-0.2, -0.15) is 19.4 Å². The topological polar surface area (TPSA) is 173 Å². The number of ether oxygens (including phenoxy) is 2. The van der Waals surface area contributed by atoms with Crippen molar-refractivity contribution >= 4 is 30.7 Å². The number of esters is 1. The SMILES string of the molecule is CCCCCCCCCCOC(=O)[C@H](C)NP(=O)(OC[C@@]1(C)O[C@@H](n2cnc3c(N)nc(F)nc32)C[C@@H]1O)Oc1ccccc1. The molecule has 15 heteroatoms. The molecule has 4 N–H and O–H groups in total. The molecule has 0 aliphatic carbocycles. The molecule has 248 valence electrons. The summed E-state index contributed by atoms with van der Waals surface area (Å²) in [7, 11) is -4.22. The second kappa shape index (κ2) is 15.9. The number of hydrogen-bond donors (Lipinski definition) is 3. The van der Waals surface area contributed by atoms with E-state index >= 15 is 0 Å². The number of halogens is 1. The number of rotatable bonds is 18. The molecule has 4 rings (SSSR count). The quantitative estimate of drug-likeness (QED) is 0.0689. The van der Waals surface area contributed by atoms with E-state index in [1.54, 1.807) is 37.3 Å². The minimum Gasteiger partial charge on any atom is -0.465 e. The number of nitrogens with two attached hydrogens (primary N) is 1. The first-order chi connectivity index (χ1) is 21.5. The van der Waals surface area contributed by atoms with Crippen molar-refractivity contribution < 1.29 is 37.4 Å². The standard InChI is InChI=1S/C30H44FN6O7P/c1-4-5-6-7-8-9-10-14-17-41-28(39)21(2)36-45(40,44-22-15-12-11-13-16-22)42-19-30(3)23(38)18-24(43-30)37-20-33-25-26(32)34-29(31)35-27(25)37/h11-13,15-16,20-21,23-24,38H,4-10,14,17-19H2,1-3H3,(H,36,40)(H2,32,34,35)/t21-,23-,24+,30+,45?/m0/s1. The summed E-state index contributed by atoms with van der Waals surface area (Å²) in [5, 5.41) is 13.6. The molecule has 0 amide bonds. The number of aliphatic hydroxyl groups excluding tert-OH is 1. The van der Waals surface area contributed by atoms with E-state index in [0.29, 0.717) is 0 Å². The van der Waals surface area contributed by atoms with E-state index in [-0.39, 0.29) is 42.4 Å². The number of imidazole rings is 1. The summed E-state index contributed by atoms with van der Waals surface area (Å²) in [6.45, 7) is 5.15. The maximum absolute atomic E-state index is 14.0. The number of hydrogen-bond acceptors (Lipinski definition) is 11. The van der Waals surface area contributed by atoms with Crippen LogP contribution in [0.3, 0.4) is 0 Å². The molecular weight excluding hydrogens is 606 g/mol. The van der Waals surface area contributed by atoms with Gasteiger partial charge in [-0.3, -0.25) is 13.9 Å². The van der Waals surface area contributed by atoms with Gasteiger partial charge in [0.2, 0.25) is 0 Å². The fourth-order valence-corrected chi connectivity index (χ4v) is 6.63. The highest BCUT2D eigenvalue weighted by Crippen LogP contribution is 2.48. The third-order valence-electron chi connectivity index (χ3n) is 7.70. The predicted octanol–water partition coefficient (Wildman–Crippen LogP) is 5.45. The third-order valence-corrected chi connectivity index (χ3v) is 9.33. The van der Waals surface area contributed by atoms with Gasteiger partial charge in [-0.1, -0.05) is 70.1 Å². The molecule has 3 heterocycles. The number of aliphatic hydroxyl groups is 1. The van der Waals surface area contributed by atoms with E-state index in [1.807, 2.05) is 0 Å². The predicted molar refractivity (Wildman–Crippen MR) is 166 cm³/mol. The maximum Gasteiger partial charge on any atom is 0.459 e. The Balaban J connectivity index is 1.36. The van der Waals surface area contributed by atoms with Crippen molar-refractivity contribution in [3.63, 3.8) is 0 Å². The van der Waals surface area contributed by atoms with Crippen LogP contribution in [0.5, 0.6) is 5.75 Å². The number of nitrogens with one attached hydrogen (secondary N) is 1. The van der Waals surface area contributed by atoms with Gasteiger partial charge in [0.25, 0.3) is 0 Å². The van der Waals surface area contributed by atoms with Gasteiger partial charge in [0.1, 0.15) is 23.6 Å². The molecular formula is C30H44FN6O7P. The molecule has 1 unspecified atom stereocenters. The summed E-state index contributed by atoms with van der Waals surface area (Å²) >= 11 is 0. The fourth-order valence-electron chi connectivity index (χ4n) is 5.05. The largest absolute Gasteiger partial charge is 0.465 e. The molecule has 0 radical (unpaired) electrons. The Hall–Kier alpha value is -3.16. The van der Waals surface area contributed by atoms with Gasteiger partial charge in [0, 0.05) is 6.42 Å². The highest BCUT2D eigenvalue weighted by Gasteiger charge is 2.48. The van der Waals surface area contributed by atoms with Crippen LogP contribution in [-0.4, -0.2) is 61.6 Å². The lowest BCUT2D eigenvalue weighted by Gasteiger charge is -2.30. The van der Waals surface area contributed by atoms with Gasteiger partial charge >= 0.3 is 19.8 Å². The number of para-hydroxylation sites is 1. The number of nitrogens with zero attached hydrogens (tertiary/aromatic N) is 4. The van der Waals surface area contributed by atoms with Crippen LogP contribution in [0, 0.1) is 6.08 Å². The smallest absolute Gasteiger partial charge is 0.459 e. The summed E-state index contributed by atoms with van der Waals surface area (Å²) in [6, 6.07) is 7.33. The molecule has 3 aromatic rings. The molecule has 5 atom stereocenters. The van der Waals surface area contributed by atoms with Crippen molar-refractivity contribution in [1.29, 1.82) is 0 Å². The number of anilines is 1. The van der Waals surface area contributed by atoms with Crippen molar-refractivity contribution in [2.24, 2.45) is 0 Å². The Labute approximate surface area is 262 Å². The number of carbonyl (C=O) groups is 1. The van der Waals surface area contributed by atoms with Gasteiger partial charge in [0.05, 0.1) is 25.6 Å². The number of carbonyl (C=O) groups excluding carboxylic acids is 1. The van der Waals surface area contributed by atoms with E-state index in [1.165, 1.54) is 49.9 Å². The first-order valence-electron chi connectivity index (χ1n) is 15.5. The van der Waals surface area contributed by atoms with E-state index in [9.17, 15) is 18.9 Å². The van der Waals surface area contributed by atoms with Gasteiger partial charge in [-0.15, -0.1) is 0 Å². The van der Waals surface area contributed by atoms with Crippen molar-refractivity contribution in [1.82, 2.24) is 24.6 Å².